The van der Waals surface area contributed by atoms with E-state index in [0.29, 0.717) is 11.5 Å². The van der Waals surface area contributed by atoms with Crippen LogP contribution in [0.1, 0.15) is 24.5 Å². The summed E-state index contributed by atoms with van der Waals surface area (Å²) in [4.78, 5) is 0. The van der Waals surface area contributed by atoms with Gasteiger partial charge in [-0.15, -0.1) is 0 Å². The molecular formula is C15H17BrFN3. The number of nitrogens with one attached hydrogen (secondary N) is 1. The third-order valence-corrected chi connectivity index (χ3v) is 4.42. The standard InChI is InChI=1S/C15H17BrFN3/c1-20-15(10-4-6-18-7-5-10)13(9-19-20)12-8-11(16)2-3-14(12)17/h2-3,8-10,18H,4-7H2,1H3. The van der Waals surface area contributed by atoms with Gasteiger partial charge >= 0.3 is 0 Å². The molecule has 0 amide bonds. The van der Waals surface area contributed by atoms with Crippen molar-refractivity contribution in [1.82, 2.24) is 15.1 Å². The number of halogens is 2. The maximum Gasteiger partial charge on any atom is 0.131 e. The lowest BCUT2D eigenvalue weighted by molar-refractivity contribution is 0.440. The van der Waals surface area contributed by atoms with Gasteiger partial charge in [0.05, 0.1) is 6.20 Å². The van der Waals surface area contributed by atoms with Crippen LogP contribution in [-0.2, 0) is 7.05 Å². The molecule has 2 aromatic rings. The average Bonchev–Trinajstić information content (AvgIpc) is 2.84. The van der Waals surface area contributed by atoms with Crippen LogP contribution in [0.5, 0.6) is 0 Å². The first kappa shape index (κ1) is 13.8. The zero-order valence-corrected chi connectivity index (χ0v) is 13.0. The van der Waals surface area contributed by atoms with Crippen molar-refractivity contribution in [2.24, 2.45) is 7.05 Å². The Bertz CT molecular complexity index is 618. The first-order valence-corrected chi connectivity index (χ1v) is 7.64. The lowest BCUT2D eigenvalue weighted by atomic mass is 9.90. The predicted octanol–water partition coefficient (Wildman–Crippen LogP) is 3.46. The fraction of sp³-hybridized carbons (Fsp3) is 0.400. The molecule has 0 aliphatic carbocycles. The quantitative estimate of drug-likeness (QED) is 0.909. The van der Waals surface area contributed by atoms with Crippen LogP contribution in [0, 0.1) is 5.82 Å². The maximum absolute atomic E-state index is 14.1. The van der Waals surface area contributed by atoms with Gasteiger partial charge in [-0.25, -0.2) is 4.39 Å². The van der Waals surface area contributed by atoms with Crippen molar-refractivity contribution < 1.29 is 4.39 Å². The van der Waals surface area contributed by atoms with E-state index in [1.54, 1.807) is 12.3 Å². The summed E-state index contributed by atoms with van der Waals surface area (Å²) in [6, 6.07) is 5.05. The lowest BCUT2D eigenvalue weighted by Crippen LogP contribution is -2.27. The maximum atomic E-state index is 14.1. The Balaban J connectivity index is 2.08. The molecule has 1 N–H and O–H groups in total. The normalized spacial score (nSPS) is 16.6. The Labute approximate surface area is 126 Å². The number of piperidine rings is 1. The van der Waals surface area contributed by atoms with Crippen molar-refractivity contribution in [2.45, 2.75) is 18.8 Å². The molecule has 1 aromatic heterocycles. The van der Waals surface area contributed by atoms with E-state index in [2.05, 4.69) is 26.3 Å². The van der Waals surface area contributed by atoms with Crippen LogP contribution in [0.25, 0.3) is 11.1 Å². The minimum absolute atomic E-state index is 0.198. The van der Waals surface area contributed by atoms with Gasteiger partial charge in [0.1, 0.15) is 5.82 Å². The number of aryl methyl sites for hydroxylation is 1. The zero-order chi connectivity index (χ0) is 14.1. The number of hydrogen-bond acceptors (Lipinski definition) is 2. The highest BCUT2D eigenvalue weighted by Gasteiger charge is 2.23. The molecule has 20 heavy (non-hydrogen) atoms. The van der Waals surface area contributed by atoms with Crippen molar-refractivity contribution in [3.8, 4) is 11.1 Å². The molecule has 1 aromatic carbocycles. The molecule has 1 aliphatic heterocycles. The minimum atomic E-state index is -0.198. The summed E-state index contributed by atoms with van der Waals surface area (Å²) in [5.41, 5.74) is 2.68. The van der Waals surface area contributed by atoms with Crippen molar-refractivity contribution in [3.63, 3.8) is 0 Å². The molecule has 0 unspecified atom stereocenters. The molecule has 1 fully saturated rings. The molecule has 5 heteroatoms. The van der Waals surface area contributed by atoms with E-state index < -0.39 is 0 Å². The minimum Gasteiger partial charge on any atom is -0.317 e. The van der Waals surface area contributed by atoms with Gasteiger partial charge in [-0.05, 0) is 44.1 Å². The first-order chi connectivity index (χ1) is 9.66. The number of hydrogen-bond donors (Lipinski definition) is 1. The van der Waals surface area contributed by atoms with E-state index in [1.165, 1.54) is 6.07 Å². The molecule has 3 nitrogen and oxygen atoms in total. The number of aromatic nitrogens is 2. The molecule has 0 saturated carbocycles. The highest BCUT2D eigenvalue weighted by Crippen LogP contribution is 2.35. The SMILES string of the molecule is Cn1ncc(-c2cc(Br)ccc2F)c1C1CCNCC1. The Kier molecular flexibility index (Phi) is 3.89. The molecule has 0 atom stereocenters. The Morgan fingerprint density at radius 1 is 1.30 bits per heavy atom. The molecule has 0 bridgehead atoms. The Morgan fingerprint density at radius 2 is 2.05 bits per heavy atom. The van der Waals surface area contributed by atoms with Crippen molar-refractivity contribution in [1.29, 1.82) is 0 Å². The Hall–Kier alpha value is -1.20. The van der Waals surface area contributed by atoms with Gasteiger partial charge < -0.3 is 5.32 Å². The van der Waals surface area contributed by atoms with E-state index in [1.807, 2.05) is 17.8 Å². The van der Waals surface area contributed by atoms with Crippen LogP contribution >= 0.6 is 15.9 Å². The van der Waals surface area contributed by atoms with Gasteiger partial charge in [0.25, 0.3) is 0 Å². The van der Waals surface area contributed by atoms with Crippen LogP contribution in [-0.4, -0.2) is 22.9 Å². The second-order valence-corrected chi connectivity index (χ2v) is 6.13. The summed E-state index contributed by atoms with van der Waals surface area (Å²) in [7, 11) is 1.94. The van der Waals surface area contributed by atoms with Crippen LogP contribution < -0.4 is 5.32 Å². The molecule has 3 rings (SSSR count). The summed E-state index contributed by atoms with van der Waals surface area (Å²) >= 11 is 3.42. The van der Waals surface area contributed by atoms with Gasteiger partial charge in [0.15, 0.2) is 0 Å². The summed E-state index contributed by atoms with van der Waals surface area (Å²) in [5, 5.41) is 7.72. The molecule has 106 valence electrons. The van der Waals surface area contributed by atoms with Crippen molar-refractivity contribution in [3.05, 3.63) is 40.4 Å². The number of rotatable bonds is 2. The summed E-state index contributed by atoms with van der Waals surface area (Å²) < 4.78 is 16.9. The average molecular weight is 338 g/mol. The van der Waals surface area contributed by atoms with Crippen LogP contribution in [0.15, 0.2) is 28.9 Å². The third kappa shape index (κ3) is 2.52. The molecule has 0 spiro atoms. The second kappa shape index (κ2) is 5.66. The highest BCUT2D eigenvalue weighted by atomic mass is 79.9. The van der Waals surface area contributed by atoms with Crippen LogP contribution in [0.2, 0.25) is 0 Å². The Morgan fingerprint density at radius 3 is 2.80 bits per heavy atom. The van der Waals surface area contributed by atoms with Crippen LogP contribution in [0.4, 0.5) is 4.39 Å². The zero-order valence-electron chi connectivity index (χ0n) is 11.4. The molecule has 1 aliphatic rings. The molecular weight excluding hydrogens is 321 g/mol. The number of benzene rings is 1. The molecule has 0 radical (unpaired) electrons. The van der Waals surface area contributed by atoms with Gasteiger partial charge in [0.2, 0.25) is 0 Å². The summed E-state index contributed by atoms with van der Waals surface area (Å²) in [5.74, 6) is 0.244. The van der Waals surface area contributed by atoms with Crippen molar-refractivity contribution >= 4 is 15.9 Å². The van der Waals surface area contributed by atoms with Crippen LogP contribution in [0.3, 0.4) is 0 Å². The fourth-order valence-electron chi connectivity index (χ4n) is 2.94. The third-order valence-electron chi connectivity index (χ3n) is 3.93. The fourth-order valence-corrected chi connectivity index (χ4v) is 3.30. The molecule has 1 saturated heterocycles. The van der Waals surface area contributed by atoms with E-state index in [-0.39, 0.29) is 5.82 Å². The van der Waals surface area contributed by atoms with E-state index in [9.17, 15) is 4.39 Å². The largest absolute Gasteiger partial charge is 0.317 e. The van der Waals surface area contributed by atoms with Gasteiger partial charge in [-0.2, -0.15) is 5.10 Å². The van der Waals surface area contributed by atoms with E-state index in [0.717, 1.165) is 41.7 Å². The van der Waals surface area contributed by atoms with E-state index >= 15 is 0 Å². The smallest absolute Gasteiger partial charge is 0.131 e. The van der Waals surface area contributed by atoms with Gasteiger partial charge in [-0.1, -0.05) is 15.9 Å². The predicted molar refractivity (Wildman–Crippen MR) is 81.1 cm³/mol. The molecule has 2 heterocycles. The topological polar surface area (TPSA) is 29.9 Å². The lowest BCUT2D eigenvalue weighted by Gasteiger charge is -2.24. The first-order valence-electron chi connectivity index (χ1n) is 6.85. The van der Waals surface area contributed by atoms with Gasteiger partial charge in [-0.3, -0.25) is 4.68 Å². The summed E-state index contributed by atoms with van der Waals surface area (Å²) in [6.45, 7) is 2.02. The monoisotopic (exact) mass is 337 g/mol. The van der Waals surface area contributed by atoms with Crippen molar-refractivity contribution in [2.75, 3.05) is 13.1 Å². The van der Waals surface area contributed by atoms with Gasteiger partial charge in [0, 0.05) is 34.3 Å². The highest BCUT2D eigenvalue weighted by molar-refractivity contribution is 9.10. The number of nitrogens with zero attached hydrogens (tertiary/aromatic N) is 2. The summed E-state index contributed by atoms with van der Waals surface area (Å²) in [6.07, 6.45) is 3.92. The second-order valence-electron chi connectivity index (χ2n) is 5.22. The van der Waals surface area contributed by atoms with E-state index in [4.69, 9.17) is 0 Å².